The molecule has 1 fully saturated rings. The molecule has 1 rings (SSSR count). The Morgan fingerprint density at radius 2 is 2.40 bits per heavy atom. The van der Waals surface area contributed by atoms with E-state index >= 15 is 0 Å². The van der Waals surface area contributed by atoms with Gasteiger partial charge in [-0.3, -0.25) is 4.79 Å². The minimum absolute atomic E-state index is 0.0176. The number of rotatable bonds is 1. The van der Waals surface area contributed by atoms with E-state index in [0.717, 1.165) is 12.8 Å². The molecule has 0 aliphatic carbocycles. The fourth-order valence-corrected chi connectivity index (χ4v) is 1.29. The van der Waals surface area contributed by atoms with E-state index < -0.39 is 0 Å². The zero-order valence-corrected chi connectivity index (χ0v) is 6.43. The Kier molecular flexibility index (Phi) is 2.72. The molecule has 58 valence electrons. The molecule has 0 saturated carbocycles. The number of cyclic esters (lactones) is 1. The third-order valence-corrected chi connectivity index (χ3v) is 2.12. The third-order valence-electron chi connectivity index (χ3n) is 2.12. The first-order valence-electron chi connectivity index (χ1n) is 3.98. The molecule has 0 bridgehead atoms. The maximum Gasteiger partial charge on any atom is 0.305 e. The van der Waals surface area contributed by atoms with Gasteiger partial charge < -0.3 is 4.74 Å². The molecule has 0 aromatic rings. The molecule has 2 nitrogen and oxygen atoms in total. The molecule has 0 N–H and O–H groups in total. The van der Waals surface area contributed by atoms with Crippen LogP contribution in [0.15, 0.2) is 0 Å². The highest BCUT2D eigenvalue weighted by Gasteiger charge is 2.14. The van der Waals surface area contributed by atoms with Gasteiger partial charge in [-0.15, -0.1) is 0 Å². The molecule has 10 heavy (non-hydrogen) atoms. The van der Waals surface area contributed by atoms with Crippen molar-refractivity contribution >= 4 is 5.97 Å². The van der Waals surface area contributed by atoms with E-state index in [1.165, 1.54) is 6.42 Å². The lowest BCUT2D eigenvalue weighted by atomic mass is 9.98. The topological polar surface area (TPSA) is 26.3 Å². The predicted molar refractivity (Wildman–Crippen MR) is 38.6 cm³/mol. The van der Waals surface area contributed by atoms with Gasteiger partial charge in [-0.25, -0.2) is 0 Å². The fourth-order valence-electron chi connectivity index (χ4n) is 1.29. The largest absolute Gasteiger partial charge is 0.466 e. The lowest BCUT2D eigenvalue weighted by Gasteiger charge is -2.06. The van der Waals surface area contributed by atoms with Gasteiger partial charge in [0, 0.05) is 6.42 Å². The van der Waals surface area contributed by atoms with Crippen LogP contribution in [-0.4, -0.2) is 12.6 Å². The van der Waals surface area contributed by atoms with Crippen LogP contribution in [0.5, 0.6) is 0 Å². The zero-order chi connectivity index (χ0) is 7.40. The van der Waals surface area contributed by atoms with Crippen molar-refractivity contribution in [2.75, 3.05) is 6.61 Å². The second kappa shape index (κ2) is 3.59. The Bertz CT molecular complexity index is 120. The van der Waals surface area contributed by atoms with Crippen molar-refractivity contribution in [2.24, 2.45) is 5.92 Å². The summed E-state index contributed by atoms with van der Waals surface area (Å²) in [6.07, 6.45) is 3.88. The maximum absolute atomic E-state index is 10.7. The van der Waals surface area contributed by atoms with E-state index in [4.69, 9.17) is 4.74 Å². The molecular formula is C8H14O2. The van der Waals surface area contributed by atoms with E-state index in [-0.39, 0.29) is 5.97 Å². The summed E-state index contributed by atoms with van der Waals surface area (Å²) in [6.45, 7) is 2.80. The van der Waals surface area contributed by atoms with E-state index in [0.29, 0.717) is 18.9 Å². The Morgan fingerprint density at radius 1 is 1.60 bits per heavy atom. The third kappa shape index (κ3) is 2.01. The summed E-state index contributed by atoms with van der Waals surface area (Å²) in [7, 11) is 0. The number of carbonyl (C=O) groups is 1. The van der Waals surface area contributed by atoms with Crippen LogP contribution < -0.4 is 0 Å². The molecule has 1 heterocycles. The molecule has 1 aliphatic rings. The standard InChI is InChI=1S/C8H14O2/c1-2-7-3-4-8(9)10-6-5-7/h7H,2-6H2,1H3/t7-/m0/s1. The van der Waals surface area contributed by atoms with Crippen molar-refractivity contribution in [3.05, 3.63) is 0 Å². The molecule has 0 amide bonds. The van der Waals surface area contributed by atoms with Crippen LogP contribution in [0.25, 0.3) is 0 Å². The number of carbonyl (C=O) groups excluding carboxylic acids is 1. The summed E-state index contributed by atoms with van der Waals surface area (Å²) in [4.78, 5) is 10.7. The van der Waals surface area contributed by atoms with Crippen molar-refractivity contribution in [3.8, 4) is 0 Å². The maximum atomic E-state index is 10.7. The Morgan fingerprint density at radius 3 is 3.10 bits per heavy atom. The van der Waals surface area contributed by atoms with Crippen molar-refractivity contribution in [1.82, 2.24) is 0 Å². The number of ether oxygens (including phenoxy) is 1. The van der Waals surface area contributed by atoms with E-state index in [1.54, 1.807) is 0 Å². The van der Waals surface area contributed by atoms with Crippen LogP contribution in [-0.2, 0) is 9.53 Å². The van der Waals surface area contributed by atoms with Gasteiger partial charge in [0.15, 0.2) is 0 Å². The highest BCUT2D eigenvalue weighted by molar-refractivity contribution is 5.69. The van der Waals surface area contributed by atoms with Gasteiger partial charge >= 0.3 is 5.97 Å². The van der Waals surface area contributed by atoms with Gasteiger partial charge in [0.05, 0.1) is 6.61 Å². The number of esters is 1. The second-order valence-corrected chi connectivity index (χ2v) is 2.82. The van der Waals surface area contributed by atoms with Crippen molar-refractivity contribution in [2.45, 2.75) is 32.6 Å². The van der Waals surface area contributed by atoms with Crippen molar-refractivity contribution in [3.63, 3.8) is 0 Å². The molecule has 0 spiro atoms. The van der Waals surface area contributed by atoms with Crippen LogP contribution in [0.1, 0.15) is 32.6 Å². The predicted octanol–water partition coefficient (Wildman–Crippen LogP) is 1.74. The molecule has 1 aliphatic heterocycles. The number of hydrogen-bond acceptors (Lipinski definition) is 2. The van der Waals surface area contributed by atoms with Gasteiger partial charge in [0.25, 0.3) is 0 Å². The molecule has 0 unspecified atom stereocenters. The normalized spacial score (nSPS) is 27.3. The van der Waals surface area contributed by atoms with Crippen LogP contribution in [0.3, 0.4) is 0 Å². The average molecular weight is 142 g/mol. The van der Waals surface area contributed by atoms with Crippen LogP contribution in [0.2, 0.25) is 0 Å². The molecule has 1 saturated heterocycles. The smallest absolute Gasteiger partial charge is 0.305 e. The van der Waals surface area contributed by atoms with E-state index in [2.05, 4.69) is 6.92 Å². The average Bonchev–Trinajstić information content (AvgIpc) is 2.14. The minimum Gasteiger partial charge on any atom is -0.466 e. The van der Waals surface area contributed by atoms with Crippen molar-refractivity contribution < 1.29 is 9.53 Å². The Labute approximate surface area is 61.6 Å². The first kappa shape index (κ1) is 7.58. The summed E-state index contributed by atoms with van der Waals surface area (Å²) in [5.74, 6) is 0.697. The molecule has 0 aromatic carbocycles. The lowest BCUT2D eigenvalue weighted by molar-refractivity contribution is -0.142. The van der Waals surface area contributed by atoms with Crippen molar-refractivity contribution in [1.29, 1.82) is 0 Å². The summed E-state index contributed by atoms with van der Waals surface area (Å²) in [5, 5.41) is 0. The van der Waals surface area contributed by atoms with Gasteiger partial charge in [-0.1, -0.05) is 13.3 Å². The molecule has 2 heteroatoms. The highest BCUT2D eigenvalue weighted by atomic mass is 16.5. The van der Waals surface area contributed by atoms with Gasteiger partial charge in [0.1, 0.15) is 0 Å². The second-order valence-electron chi connectivity index (χ2n) is 2.82. The quantitative estimate of drug-likeness (QED) is 0.521. The van der Waals surface area contributed by atoms with Crippen LogP contribution >= 0.6 is 0 Å². The fraction of sp³-hybridized carbons (Fsp3) is 0.875. The summed E-state index contributed by atoms with van der Waals surface area (Å²) in [6, 6.07) is 0. The molecule has 0 aromatic heterocycles. The summed E-state index contributed by atoms with van der Waals surface area (Å²) >= 11 is 0. The van der Waals surface area contributed by atoms with E-state index in [9.17, 15) is 4.79 Å². The van der Waals surface area contributed by atoms with E-state index in [1.807, 2.05) is 0 Å². The zero-order valence-electron chi connectivity index (χ0n) is 6.43. The first-order chi connectivity index (χ1) is 4.83. The molecule has 1 atom stereocenters. The molecular weight excluding hydrogens is 128 g/mol. The van der Waals surface area contributed by atoms with Crippen LogP contribution in [0.4, 0.5) is 0 Å². The Balaban J connectivity index is 2.33. The summed E-state index contributed by atoms with van der Waals surface area (Å²) in [5.41, 5.74) is 0. The van der Waals surface area contributed by atoms with Gasteiger partial charge in [-0.05, 0) is 18.8 Å². The molecule has 0 radical (unpaired) electrons. The monoisotopic (exact) mass is 142 g/mol. The lowest BCUT2D eigenvalue weighted by Crippen LogP contribution is -2.00. The summed E-state index contributed by atoms with van der Waals surface area (Å²) < 4.78 is 4.90. The van der Waals surface area contributed by atoms with Gasteiger partial charge in [0.2, 0.25) is 0 Å². The first-order valence-corrected chi connectivity index (χ1v) is 3.98. The minimum atomic E-state index is -0.0176. The Hall–Kier alpha value is -0.530. The van der Waals surface area contributed by atoms with Gasteiger partial charge in [-0.2, -0.15) is 0 Å². The highest BCUT2D eigenvalue weighted by Crippen LogP contribution is 2.18. The number of hydrogen-bond donors (Lipinski definition) is 0. The van der Waals surface area contributed by atoms with Crippen LogP contribution in [0, 0.1) is 5.92 Å². The SMILES string of the molecule is CC[C@@H]1CCOC(=O)CC1.